The van der Waals surface area contributed by atoms with Crippen LogP contribution < -0.4 is 14.8 Å². The third-order valence-electron chi connectivity index (χ3n) is 5.02. The third-order valence-corrected chi connectivity index (χ3v) is 5.02. The number of nitrogens with zero attached hydrogens (tertiary/aromatic N) is 3. The highest BCUT2D eigenvalue weighted by molar-refractivity contribution is 6.06. The minimum atomic E-state index is -0.450. The van der Waals surface area contributed by atoms with Gasteiger partial charge in [-0.05, 0) is 42.0 Å². The maximum Gasteiger partial charge on any atom is 0.308 e. The van der Waals surface area contributed by atoms with E-state index in [0.717, 1.165) is 16.6 Å². The van der Waals surface area contributed by atoms with Gasteiger partial charge in [0.2, 0.25) is 5.91 Å². The second kappa shape index (κ2) is 9.44. The smallest absolute Gasteiger partial charge is 0.308 e. The summed E-state index contributed by atoms with van der Waals surface area (Å²) < 4.78 is 14.2. The highest BCUT2D eigenvalue weighted by Crippen LogP contribution is 2.29. The number of nitrogens with one attached hydrogen (secondary N) is 1. The highest BCUT2D eigenvalue weighted by atomic mass is 16.6. The second-order valence-electron chi connectivity index (χ2n) is 7.49. The molecule has 0 radical (unpaired) electrons. The zero-order valence-corrected chi connectivity index (χ0v) is 18.6. The van der Waals surface area contributed by atoms with Crippen LogP contribution in [0.2, 0.25) is 0 Å². The number of hydrogen-bond acceptors (Lipinski definition) is 5. The van der Waals surface area contributed by atoms with E-state index in [9.17, 15) is 9.59 Å². The normalized spacial score (nSPS) is 11.1. The van der Waals surface area contributed by atoms with Crippen LogP contribution in [0.1, 0.15) is 18.2 Å². The van der Waals surface area contributed by atoms with Crippen LogP contribution in [0.15, 0.2) is 67.0 Å². The molecule has 0 bridgehead atoms. The minimum absolute atomic E-state index is 0.280. The van der Waals surface area contributed by atoms with E-state index in [2.05, 4.69) is 15.0 Å². The predicted octanol–water partition coefficient (Wildman–Crippen LogP) is 4.01. The topological polar surface area (TPSA) is 87.4 Å². The van der Waals surface area contributed by atoms with Crippen molar-refractivity contribution in [3.8, 4) is 11.5 Å². The number of fused-ring (bicyclic) bond motifs is 1. The standard InChI is InChI=1S/C25H24N4O4/c1-17(30)33-23-15-18(7-9-22(23)32-3)8-10-24(31)26-21-6-4-5-19-11-14-29(25(19)21)16-20-12-13-28(2)27-20/h4-15H,16H2,1-3H3,(H,26,31). The summed E-state index contributed by atoms with van der Waals surface area (Å²) in [5.41, 5.74) is 3.25. The van der Waals surface area contributed by atoms with Crippen LogP contribution in [0.5, 0.6) is 11.5 Å². The van der Waals surface area contributed by atoms with Crippen molar-refractivity contribution in [2.45, 2.75) is 13.5 Å². The van der Waals surface area contributed by atoms with Gasteiger partial charge in [0.25, 0.3) is 0 Å². The molecule has 33 heavy (non-hydrogen) atoms. The van der Waals surface area contributed by atoms with Crippen molar-refractivity contribution in [2.75, 3.05) is 12.4 Å². The molecule has 2 aromatic heterocycles. The predicted molar refractivity (Wildman–Crippen MR) is 126 cm³/mol. The van der Waals surface area contributed by atoms with Gasteiger partial charge in [0.05, 0.1) is 30.6 Å². The molecule has 0 unspecified atom stereocenters. The Morgan fingerprint density at radius 2 is 1.94 bits per heavy atom. The molecule has 0 fully saturated rings. The molecule has 168 valence electrons. The number of aryl methyl sites for hydroxylation is 1. The summed E-state index contributed by atoms with van der Waals surface area (Å²) in [4.78, 5) is 24.0. The first kappa shape index (κ1) is 21.9. The van der Waals surface area contributed by atoms with Crippen molar-refractivity contribution in [3.05, 3.63) is 78.3 Å². The van der Waals surface area contributed by atoms with Gasteiger partial charge < -0.3 is 19.4 Å². The molecular formula is C25H24N4O4. The molecule has 2 aromatic carbocycles. The molecule has 4 aromatic rings. The van der Waals surface area contributed by atoms with Crippen LogP contribution in [-0.4, -0.2) is 33.3 Å². The molecule has 1 amide bonds. The lowest BCUT2D eigenvalue weighted by Gasteiger charge is -2.10. The minimum Gasteiger partial charge on any atom is -0.493 e. The van der Waals surface area contributed by atoms with Crippen molar-refractivity contribution in [1.29, 1.82) is 0 Å². The van der Waals surface area contributed by atoms with E-state index in [1.54, 1.807) is 29.0 Å². The van der Waals surface area contributed by atoms with Crippen LogP contribution in [0.3, 0.4) is 0 Å². The average Bonchev–Trinajstić information content (AvgIpc) is 3.39. The fourth-order valence-corrected chi connectivity index (χ4v) is 3.59. The first-order valence-electron chi connectivity index (χ1n) is 10.3. The van der Waals surface area contributed by atoms with Gasteiger partial charge in [-0.15, -0.1) is 0 Å². The Balaban J connectivity index is 1.54. The van der Waals surface area contributed by atoms with Gasteiger partial charge in [0.1, 0.15) is 0 Å². The number of benzene rings is 2. The van der Waals surface area contributed by atoms with Crippen LogP contribution in [0.4, 0.5) is 5.69 Å². The molecule has 0 aliphatic rings. The van der Waals surface area contributed by atoms with Gasteiger partial charge in [-0.2, -0.15) is 5.10 Å². The number of anilines is 1. The Labute approximate surface area is 191 Å². The first-order chi connectivity index (χ1) is 15.9. The summed E-state index contributed by atoms with van der Waals surface area (Å²) in [6.45, 7) is 1.91. The van der Waals surface area contributed by atoms with Gasteiger partial charge in [0, 0.05) is 37.8 Å². The van der Waals surface area contributed by atoms with E-state index in [0.29, 0.717) is 29.3 Å². The fourth-order valence-electron chi connectivity index (χ4n) is 3.59. The van der Waals surface area contributed by atoms with Gasteiger partial charge >= 0.3 is 5.97 Å². The summed E-state index contributed by atoms with van der Waals surface area (Å²) in [5.74, 6) is 0.00346. The number of methoxy groups -OCH3 is 1. The zero-order chi connectivity index (χ0) is 23.4. The lowest BCUT2D eigenvalue weighted by molar-refractivity contribution is -0.132. The van der Waals surface area contributed by atoms with Crippen molar-refractivity contribution in [1.82, 2.24) is 14.3 Å². The van der Waals surface area contributed by atoms with Crippen molar-refractivity contribution in [2.24, 2.45) is 7.05 Å². The summed E-state index contributed by atoms with van der Waals surface area (Å²) in [7, 11) is 3.38. The van der Waals surface area contributed by atoms with Gasteiger partial charge in [-0.25, -0.2) is 0 Å². The second-order valence-corrected chi connectivity index (χ2v) is 7.49. The van der Waals surface area contributed by atoms with E-state index in [4.69, 9.17) is 9.47 Å². The number of esters is 1. The Bertz CT molecular complexity index is 1350. The Morgan fingerprint density at radius 1 is 1.09 bits per heavy atom. The molecular weight excluding hydrogens is 420 g/mol. The van der Waals surface area contributed by atoms with E-state index in [1.807, 2.05) is 49.8 Å². The largest absolute Gasteiger partial charge is 0.493 e. The molecule has 0 saturated heterocycles. The van der Waals surface area contributed by atoms with E-state index in [-0.39, 0.29) is 5.91 Å². The molecule has 2 heterocycles. The van der Waals surface area contributed by atoms with Crippen LogP contribution >= 0.6 is 0 Å². The lowest BCUT2D eigenvalue weighted by atomic mass is 10.2. The SMILES string of the molecule is COc1ccc(C=CC(=O)Nc2cccc3ccn(Cc4ccn(C)n4)c23)cc1OC(C)=O. The average molecular weight is 444 g/mol. The van der Waals surface area contributed by atoms with Crippen LogP contribution in [-0.2, 0) is 23.2 Å². The maximum atomic E-state index is 12.7. The zero-order valence-electron chi connectivity index (χ0n) is 18.6. The summed E-state index contributed by atoms with van der Waals surface area (Å²) in [6, 6.07) is 14.9. The van der Waals surface area contributed by atoms with Crippen molar-refractivity contribution in [3.63, 3.8) is 0 Å². The summed E-state index contributed by atoms with van der Waals surface area (Å²) >= 11 is 0. The van der Waals surface area contributed by atoms with E-state index < -0.39 is 5.97 Å². The summed E-state index contributed by atoms with van der Waals surface area (Å²) in [5, 5.41) is 8.42. The van der Waals surface area contributed by atoms with Gasteiger partial charge in [-0.3, -0.25) is 14.3 Å². The lowest BCUT2D eigenvalue weighted by Crippen LogP contribution is -2.10. The van der Waals surface area contributed by atoms with Gasteiger partial charge in [0.15, 0.2) is 11.5 Å². The van der Waals surface area contributed by atoms with E-state index >= 15 is 0 Å². The number of amides is 1. The Morgan fingerprint density at radius 3 is 2.67 bits per heavy atom. The molecule has 4 rings (SSSR count). The van der Waals surface area contributed by atoms with Crippen molar-refractivity contribution >= 4 is 34.5 Å². The molecule has 8 nitrogen and oxygen atoms in total. The summed E-state index contributed by atoms with van der Waals surface area (Å²) in [6.07, 6.45) is 6.97. The number of rotatable bonds is 7. The molecule has 1 N–H and O–H groups in total. The Hall–Kier alpha value is -4.33. The first-order valence-corrected chi connectivity index (χ1v) is 10.3. The number of para-hydroxylation sites is 1. The monoisotopic (exact) mass is 444 g/mol. The molecule has 0 saturated carbocycles. The van der Waals surface area contributed by atoms with Crippen LogP contribution in [0, 0.1) is 0 Å². The maximum absolute atomic E-state index is 12.7. The molecule has 0 spiro atoms. The quantitative estimate of drug-likeness (QED) is 0.264. The number of carbonyl (C=O) groups excluding carboxylic acids is 2. The Kier molecular flexibility index (Phi) is 6.26. The number of hydrogen-bond donors (Lipinski definition) is 1. The highest BCUT2D eigenvalue weighted by Gasteiger charge is 2.11. The molecule has 0 atom stereocenters. The molecule has 8 heteroatoms. The van der Waals surface area contributed by atoms with Crippen molar-refractivity contribution < 1.29 is 19.1 Å². The fraction of sp³-hybridized carbons (Fsp3) is 0.160. The van der Waals surface area contributed by atoms with E-state index in [1.165, 1.54) is 20.1 Å². The third kappa shape index (κ3) is 5.12. The number of aromatic nitrogens is 3. The molecule has 0 aliphatic carbocycles. The molecule has 0 aliphatic heterocycles. The van der Waals surface area contributed by atoms with Crippen LogP contribution in [0.25, 0.3) is 17.0 Å². The van der Waals surface area contributed by atoms with Gasteiger partial charge in [-0.1, -0.05) is 18.2 Å². The number of carbonyl (C=O) groups is 2. The number of ether oxygens (including phenoxy) is 2.